The molecule has 2 aliphatic heterocycles. The first-order valence-electron chi connectivity index (χ1n) is 30.2. The van der Waals surface area contributed by atoms with Gasteiger partial charge in [-0.05, 0) is 185 Å². The number of hydrogen-bond acceptors (Lipinski definition) is 4. The monoisotopic (exact) mass is 1130 g/mol. The van der Waals surface area contributed by atoms with Gasteiger partial charge in [0.1, 0.15) is 0 Å². The van der Waals surface area contributed by atoms with E-state index in [1.54, 1.807) is 0 Å². The minimum absolute atomic E-state index is 1.10. The van der Waals surface area contributed by atoms with Crippen LogP contribution >= 0.6 is 0 Å². The molecule has 13 aromatic carbocycles. The Hall–Kier alpha value is -11.5. The van der Waals surface area contributed by atoms with Gasteiger partial charge in [0.25, 0.3) is 0 Å². The molecule has 2 heterocycles. The molecule has 4 nitrogen and oxygen atoms in total. The Balaban J connectivity index is 0.784. The van der Waals surface area contributed by atoms with E-state index in [0.717, 1.165) is 79.1 Å². The number of rotatable bonds is 12. The van der Waals surface area contributed by atoms with Crippen molar-refractivity contribution in [2.75, 3.05) is 33.7 Å². The summed E-state index contributed by atoms with van der Waals surface area (Å²) in [6, 6.07) is 105. The highest BCUT2D eigenvalue weighted by atomic mass is 15.2. The fourth-order valence-electron chi connectivity index (χ4n) is 12.9. The third-order valence-electron chi connectivity index (χ3n) is 17.3. The number of hydrogen-bond donors (Lipinski definition) is 0. The van der Waals surface area contributed by atoms with Crippen LogP contribution in [0.4, 0.5) is 56.9 Å². The number of nitrogens with zero attached hydrogens (tertiary/aromatic N) is 4. The van der Waals surface area contributed by atoms with Crippen LogP contribution in [-0.4, -0.2) is 14.1 Å². The predicted octanol–water partition coefficient (Wildman–Crippen LogP) is 23.1. The van der Waals surface area contributed by atoms with Gasteiger partial charge in [-0.2, -0.15) is 0 Å². The van der Waals surface area contributed by atoms with E-state index in [1.165, 1.54) is 66.1 Å². The summed E-state index contributed by atoms with van der Waals surface area (Å²) in [5.74, 6) is 0. The molecule has 88 heavy (non-hydrogen) atoms. The molecule has 0 aliphatic carbocycles. The molecule has 0 aromatic heterocycles. The van der Waals surface area contributed by atoms with Crippen molar-refractivity contribution < 1.29 is 0 Å². The first-order valence-corrected chi connectivity index (χ1v) is 30.2. The fourth-order valence-corrected chi connectivity index (χ4v) is 12.9. The van der Waals surface area contributed by atoms with Gasteiger partial charge in [0.2, 0.25) is 0 Å². The van der Waals surface area contributed by atoms with Gasteiger partial charge >= 0.3 is 0 Å². The Morgan fingerprint density at radius 2 is 0.511 bits per heavy atom. The number of benzene rings is 13. The molecular formula is C84H62N4. The lowest BCUT2D eigenvalue weighted by Gasteiger charge is -2.28. The number of fused-ring (bicyclic) bond motifs is 7. The summed E-state index contributed by atoms with van der Waals surface area (Å²) < 4.78 is 0. The number of para-hydroxylation sites is 4. The Morgan fingerprint density at radius 3 is 0.841 bits per heavy atom. The van der Waals surface area contributed by atoms with Crippen LogP contribution in [0.3, 0.4) is 0 Å². The van der Waals surface area contributed by atoms with Crippen molar-refractivity contribution in [3.05, 3.63) is 336 Å². The summed E-state index contributed by atoms with van der Waals surface area (Å²) in [4.78, 5) is 9.33. The molecule has 4 heteroatoms. The first-order chi connectivity index (χ1) is 43.5. The molecule has 0 saturated carbocycles. The van der Waals surface area contributed by atoms with Gasteiger partial charge in [0.05, 0.1) is 11.4 Å². The van der Waals surface area contributed by atoms with Crippen molar-refractivity contribution >= 4 is 127 Å². The van der Waals surface area contributed by atoms with Gasteiger partial charge in [-0.3, -0.25) is 0 Å². The number of anilines is 10. The fraction of sp³-hybridized carbons (Fsp3) is 0.0238. The molecule has 0 radical (unpaired) electrons. The van der Waals surface area contributed by atoms with Crippen molar-refractivity contribution in [3.8, 4) is 22.3 Å². The van der Waals surface area contributed by atoms with Crippen LogP contribution in [0.15, 0.2) is 291 Å². The lowest BCUT2D eigenvalue weighted by atomic mass is 9.84. The van der Waals surface area contributed by atoms with Gasteiger partial charge in [0, 0.05) is 59.6 Å². The Morgan fingerprint density at radius 1 is 0.239 bits per heavy atom. The molecule has 0 atom stereocenters. The zero-order valence-corrected chi connectivity index (χ0v) is 49.1. The van der Waals surface area contributed by atoms with Crippen LogP contribution in [0.5, 0.6) is 0 Å². The molecule has 0 bridgehead atoms. The summed E-state index contributed by atoms with van der Waals surface area (Å²) in [6.45, 7) is 0. The Bertz CT molecular complexity index is 4470. The average molecular weight is 1130 g/mol. The highest BCUT2D eigenvalue weighted by Gasteiger charge is 2.23. The third kappa shape index (κ3) is 10.2. The summed E-state index contributed by atoms with van der Waals surface area (Å²) >= 11 is 0. The smallest absolute Gasteiger partial charge is 0.0502 e. The van der Waals surface area contributed by atoms with Crippen LogP contribution in [0.25, 0.3) is 92.4 Å². The molecule has 0 amide bonds. The highest BCUT2D eigenvalue weighted by molar-refractivity contribution is 6.22. The summed E-state index contributed by atoms with van der Waals surface area (Å²) in [5, 5.41) is 4.84. The summed E-state index contributed by atoms with van der Waals surface area (Å²) in [5.41, 5.74) is 25.3. The second kappa shape index (κ2) is 23.2. The van der Waals surface area contributed by atoms with Crippen LogP contribution in [0, 0.1) is 0 Å². The van der Waals surface area contributed by atoms with Crippen molar-refractivity contribution in [3.63, 3.8) is 0 Å². The maximum atomic E-state index is 2.39. The predicted molar refractivity (Wildman–Crippen MR) is 379 cm³/mol. The molecule has 0 fully saturated rings. The molecule has 15 rings (SSSR count). The second-order valence-electron chi connectivity index (χ2n) is 22.7. The first kappa shape index (κ1) is 53.3. The zero-order valence-electron chi connectivity index (χ0n) is 49.1. The summed E-state index contributed by atoms with van der Waals surface area (Å²) in [6.07, 6.45) is 18.0. The van der Waals surface area contributed by atoms with Gasteiger partial charge < -0.3 is 19.6 Å². The molecule has 13 aromatic rings. The molecule has 0 unspecified atom stereocenters. The van der Waals surface area contributed by atoms with E-state index in [4.69, 9.17) is 0 Å². The van der Waals surface area contributed by atoms with Crippen LogP contribution in [0.1, 0.15) is 44.5 Å². The Kier molecular flexibility index (Phi) is 14.0. The van der Waals surface area contributed by atoms with Crippen LogP contribution < -0.4 is 19.6 Å². The highest BCUT2D eigenvalue weighted by Crippen LogP contribution is 2.47. The quantitative estimate of drug-likeness (QED) is 0.0893. The lowest BCUT2D eigenvalue weighted by molar-refractivity contribution is 1.19. The van der Waals surface area contributed by atoms with Crippen molar-refractivity contribution in [2.24, 2.45) is 0 Å². The largest absolute Gasteiger partial charge is 0.344 e. The third-order valence-corrected chi connectivity index (χ3v) is 17.3. The Labute approximate surface area is 515 Å². The van der Waals surface area contributed by atoms with Gasteiger partial charge in [0.15, 0.2) is 0 Å². The lowest BCUT2D eigenvalue weighted by Crippen LogP contribution is -2.14. The standard InChI is InChI=1S/C84H62N4/c1-85-79-55-61(37-41-63(79)43-45-65-47-49-73(57-81(65)85)87(69-25-13-5-14-26-69)70-27-15-6-16-28-70)35-33-59-39-51-75-77(53-59)78-54-60(40-52-76(78)84(68-23-11-4-12-24-68)83(75)67-21-9-3-10-22-67)34-36-62-38-42-64-44-46-66-48-50-74(58-82(66)86(2)80(64)56-62)88(71-29-17-7-18-30-71)72-31-19-8-20-32-72/h3-58H,1-2H3/b35-33+,36-34+. The second-order valence-corrected chi connectivity index (χ2v) is 22.7. The molecule has 0 N–H and O–H groups in total. The van der Waals surface area contributed by atoms with Crippen molar-refractivity contribution in [1.29, 1.82) is 0 Å². The maximum absolute atomic E-state index is 2.39. The molecule has 418 valence electrons. The van der Waals surface area contributed by atoms with E-state index < -0.39 is 0 Å². The van der Waals surface area contributed by atoms with Crippen molar-refractivity contribution in [2.45, 2.75) is 0 Å². The van der Waals surface area contributed by atoms with E-state index >= 15 is 0 Å². The maximum Gasteiger partial charge on any atom is 0.0502 e. The molecule has 0 spiro atoms. The molecule has 2 aliphatic rings. The SMILES string of the molecule is CN1c2cc(/C=C/c3ccc4c(-c5ccccc5)c(-c5ccccc5)c5ccc(/C=C/c6ccc7c(c6)N(C)c6cc(N(c8ccccc8)c8ccccc8)ccc6C=C7)cc5c4c3)ccc2C=Cc2ccc(N(c3ccccc3)c3ccccc3)cc21. The minimum atomic E-state index is 1.10. The minimum Gasteiger partial charge on any atom is -0.344 e. The van der Waals surface area contributed by atoms with Crippen molar-refractivity contribution in [1.82, 2.24) is 0 Å². The van der Waals surface area contributed by atoms with Gasteiger partial charge in [-0.15, -0.1) is 0 Å². The molecule has 0 saturated heterocycles. The van der Waals surface area contributed by atoms with E-state index in [1.807, 2.05) is 0 Å². The van der Waals surface area contributed by atoms with E-state index in [0.29, 0.717) is 0 Å². The molecular weight excluding hydrogens is 1060 g/mol. The van der Waals surface area contributed by atoms with Crippen LogP contribution in [0.2, 0.25) is 0 Å². The van der Waals surface area contributed by atoms with E-state index in [2.05, 4.69) is 373 Å². The average Bonchev–Trinajstić information content (AvgIpc) is 0.972. The zero-order chi connectivity index (χ0) is 58.9. The van der Waals surface area contributed by atoms with Crippen LogP contribution in [-0.2, 0) is 0 Å². The van der Waals surface area contributed by atoms with E-state index in [-0.39, 0.29) is 0 Å². The normalized spacial score (nSPS) is 12.4. The topological polar surface area (TPSA) is 13.0 Å². The van der Waals surface area contributed by atoms with E-state index in [9.17, 15) is 0 Å². The van der Waals surface area contributed by atoms with Gasteiger partial charge in [-0.1, -0.05) is 243 Å². The summed E-state index contributed by atoms with van der Waals surface area (Å²) in [7, 11) is 4.38. The van der Waals surface area contributed by atoms with Gasteiger partial charge in [-0.25, -0.2) is 0 Å².